The second-order valence-corrected chi connectivity index (χ2v) is 2.02. The Bertz CT molecular complexity index is 350. The van der Waals surface area contributed by atoms with Crippen molar-refractivity contribution in [1.29, 1.82) is 10.8 Å². The molecule has 0 bridgehead atoms. The first-order chi connectivity index (χ1) is 6.63. The number of alkyl halides is 3. The van der Waals surface area contributed by atoms with E-state index in [1.165, 1.54) is 12.6 Å². The lowest BCUT2D eigenvalue weighted by molar-refractivity contribution is 0.219. The molecule has 0 aromatic carbocycles. The summed E-state index contributed by atoms with van der Waals surface area (Å²) in [5.74, 6) is -0.914. The first-order valence-electron chi connectivity index (χ1n) is 3.45. The highest BCUT2D eigenvalue weighted by Gasteiger charge is 2.12. The van der Waals surface area contributed by atoms with Crippen LogP contribution in [0, 0.1) is 10.8 Å². The lowest BCUT2D eigenvalue weighted by Crippen LogP contribution is -2.30. The van der Waals surface area contributed by atoms with Crippen molar-refractivity contribution < 1.29 is 8.78 Å². The van der Waals surface area contributed by atoms with Gasteiger partial charge in [-0.3, -0.25) is 20.4 Å². The molecule has 4 nitrogen and oxygen atoms in total. The first kappa shape index (κ1) is 12.7. The number of aromatic nitrogens is 2. The Morgan fingerprint density at radius 3 is 2.57 bits per heavy atom. The molecule has 0 aliphatic rings. The van der Waals surface area contributed by atoms with Gasteiger partial charge in [-0.2, -0.15) is 0 Å². The third kappa shape index (κ3) is 3.21. The molecule has 0 fully saturated rings. The molecule has 0 aliphatic heterocycles. The molecule has 0 aliphatic carbocycles. The highest BCUT2D eigenvalue weighted by atomic mass is 35.5. The van der Waals surface area contributed by atoms with Crippen LogP contribution in [0.5, 0.6) is 0 Å². The highest BCUT2D eigenvalue weighted by molar-refractivity contribution is 6.15. The molecule has 0 radical (unpaired) electrons. The smallest absolute Gasteiger partial charge is 0.283 e. The third-order valence-electron chi connectivity index (χ3n) is 1.22. The fourth-order valence-corrected chi connectivity index (χ4v) is 0.677. The summed E-state index contributed by atoms with van der Waals surface area (Å²) in [6.07, 6.45) is 2.09. The van der Waals surface area contributed by atoms with Crippen LogP contribution in [0.2, 0.25) is 0 Å². The molecule has 0 saturated heterocycles. The third-order valence-corrected chi connectivity index (χ3v) is 1.22. The summed E-state index contributed by atoms with van der Waals surface area (Å²) in [6.45, 7) is 0. The second kappa shape index (κ2) is 6.20. The Balaban J connectivity index is 0.000000791. The number of rotatable bonds is 1. The highest BCUT2D eigenvalue weighted by Crippen LogP contribution is 1.94. The Hall–Kier alpha value is -1.30. The van der Waals surface area contributed by atoms with E-state index >= 15 is 0 Å². The molecular formula is C7H9ClF2N4. The molecule has 0 saturated carbocycles. The molecule has 0 atom stereocenters. The SMILES string of the molecule is CCl.N=C(C(F)F)n1ccncc1=N. The molecule has 1 aromatic heterocycles. The number of nitrogens with one attached hydrogen (secondary N) is 2. The van der Waals surface area contributed by atoms with E-state index in [1.807, 2.05) is 0 Å². The largest absolute Gasteiger partial charge is 0.295 e. The number of nitrogens with zero attached hydrogens (tertiary/aromatic N) is 2. The average molecular weight is 223 g/mol. The number of hydrogen-bond acceptors (Lipinski definition) is 3. The molecule has 78 valence electrons. The van der Waals surface area contributed by atoms with E-state index < -0.39 is 12.3 Å². The molecule has 7 heteroatoms. The van der Waals surface area contributed by atoms with Crippen molar-refractivity contribution in [2.75, 3.05) is 6.38 Å². The van der Waals surface area contributed by atoms with Crippen molar-refractivity contribution in [1.82, 2.24) is 9.55 Å². The van der Waals surface area contributed by atoms with Crippen molar-refractivity contribution in [3.05, 3.63) is 24.1 Å². The summed E-state index contributed by atoms with van der Waals surface area (Å²) >= 11 is 4.64. The Morgan fingerprint density at radius 2 is 2.14 bits per heavy atom. The molecule has 1 aromatic rings. The second-order valence-electron chi connectivity index (χ2n) is 2.02. The maximum Gasteiger partial charge on any atom is 0.295 e. The minimum absolute atomic E-state index is 0.234. The van der Waals surface area contributed by atoms with E-state index in [-0.39, 0.29) is 5.49 Å². The number of halogens is 3. The zero-order valence-corrected chi connectivity index (χ0v) is 8.09. The van der Waals surface area contributed by atoms with Crippen LogP contribution in [0.15, 0.2) is 18.6 Å². The monoisotopic (exact) mass is 222 g/mol. The van der Waals surface area contributed by atoms with Gasteiger partial charge in [-0.25, -0.2) is 8.78 Å². The van der Waals surface area contributed by atoms with Gasteiger partial charge in [-0.15, -0.1) is 11.6 Å². The molecule has 0 amide bonds. The summed E-state index contributed by atoms with van der Waals surface area (Å²) in [7, 11) is 0. The van der Waals surface area contributed by atoms with Crippen LogP contribution in [0.4, 0.5) is 8.78 Å². The maximum atomic E-state index is 11.9. The van der Waals surface area contributed by atoms with E-state index in [2.05, 4.69) is 16.6 Å². The van der Waals surface area contributed by atoms with Crippen LogP contribution in [-0.2, 0) is 0 Å². The minimum atomic E-state index is -2.87. The van der Waals surface area contributed by atoms with Crippen molar-refractivity contribution in [2.24, 2.45) is 0 Å². The quantitative estimate of drug-likeness (QED) is 0.420. The van der Waals surface area contributed by atoms with Crippen LogP contribution < -0.4 is 5.49 Å². The molecule has 1 rings (SSSR count). The Kier molecular flexibility index (Phi) is 5.62. The van der Waals surface area contributed by atoms with E-state index in [9.17, 15) is 8.78 Å². The van der Waals surface area contributed by atoms with Crippen LogP contribution in [0.3, 0.4) is 0 Å². The fourth-order valence-electron chi connectivity index (χ4n) is 0.677. The summed E-state index contributed by atoms with van der Waals surface area (Å²) in [5.41, 5.74) is -0.234. The van der Waals surface area contributed by atoms with Gasteiger partial charge in [0.25, 0.3) is 6.43 Å². The van der Waals surface area contributed by atoms with E-state index in [1.54, 1.807) is 0 Å². The van der Waals surface area contributed by atoms with Gasteiger partial charge in [0.1, 0.15) is 5.49 Å². The summed E-state index contributed by atoms with van der Waals surface area (Å²) in [4.78, 5) is 3.54. The molecule has 0 unspecified atom stereocenters. The Labute approximate surface area is 84.2 Å². The van der Waals surface area contributed by atoms with E-state index in [0.29, 0.717) is 0 Å². The minimum Gasteiger partial charge on any atom is -0.283 e. The van der Waals surface area contributed by atoms with E-state index in [0.717, 1.165) is 17.0 Å². The zero-order valence-electron chi connectivity index (χ0n) is 7.34. The van der Waals surface area contributed by atoms with Gasteiger partial charge in [0.2, 0.25) is 0 Å². The molecule has 14 heavy (non-hydrogen) atoms. The molecule has 0 spiro atoms. The van der Waals surface area contributed by atoms with Crippen LogP contribution >= 0.6 is 11.6 Å². The predicted molar refractivity (Wildman–Crippen MR) is 49.0 cm³/mol. The molecular weight excluding hydrogens is 214 g/mol. The van der Waals surface area contributed by atoms with E-state index in [4.69, 9.17) is 10.8 Å². The molecule has 2 N–H and O–H groups in total. The lowest BCUT2D eigenvalue weighted by atomic mass is 10.5. The van der Waals surface area contributed by atoms with Gasteiger partial charge >= 0.3 is 0 Å². The van der Waals surface area contributed by atoms with Crippen molar-refractivity contribution >= 4 is 17.4 Å². The summed E-state index contributed by atoms with van der Waals surface area (Å²) < 4.78 is 24.7. The number of hydrogen-bond donors (Lipinski definition) is 2. The molecule has 1 heterocycles. The predicted octanol–water partition coefficient (Wildman–Crippen LogP) is 1.31. The van der Waals surface area contributed by atoms with Crippen LogP contribution in [0.1, 0.15) is 0 Å². The lowest BCUT2D eigenvalue weighted by Gasteiger charge is -2.05. The van der Waals surface area contributed by atoms with Crippen molar-refractivity contribution in [2.45, 2.75) is 6.43 Å². The summed E-state index contributed by atoms with van der Waals surface area (Å²) in [6, 6.07) is 0. The van der Waals surface area contributed by atoms with Gasteiger partial charge in [-0.1, -0.05) is 0 Å². The first-order valence-corrected chi connectivity index (χ1v) is 4.20. The standard InChI is InChI=1S/C6H6F2N4.CH3Cl/c7-5(8)6(10)12-2-1-11-3-4(12)9;1-2/h1-3,5,9-10H;1H3. The maximum absolute atomic E-state index is 11.9. The van der Waals surface area contributed by atoms with Gasteiger partial charge < -0.3 is 0 Å². The average Bonchev–Trinajstić information content (AvgIpc) is 2.20. The Morgan fingerprint density at radius 1 is 1.57 bits per heavy atom. The van der Waals surface area contributed by atoms with Crippen molar-refractivity contribution in [3.8, 4) is 0 Å². The topological polar surface area (TPSA) is 65.5 Å². The van der Waals surface area contributed by atoms with Gasteiger partial charge in [0, 0.05) is 18.8 Å². The summed E-state index contributed by atoms with van der Waals surface area (Å²) in [5, 5.41) is 14.0. The zero-order chi connectivity index (χ0) is 11.1. The van der Waals surface area contributed by atoms with Crippen molar-refractivity contribution in [3.63, 3.8) is 0 Å². The van der Waals surface area contributed by atoms with Gasteiger partial charge in [-0.05, 0) is 0 Å². The van der Waals surface area contributed by atoms with Crippen LogP contribution in [-0.4, -0.2) is 28.2 Å². The fraction of sp³-hybridized carbons (Fsp3) is 0.286. The normalized spacial score (nSPS) is 9.21. The van der Waals surface area contributed by atoms with Crippen LogP contribution in [0.25, 0.3) is 0 Å². The van der Waals surface area contributed by atoms with Gasteiger partial charge in [0.05, 0.1) is 6.20 Å². The van der Waals surface area contributed by atoms with Gasteiger partial charge in [0.15, 0.2) is 5.84 Å².